The summed E-state index contributed by atoms with van der Waals surface area (Å²) in [5.41, 5.74) is 2.28. The fourth-order valence-electron chi connectivity index (χ4n) is 3.34. The molecule has 1 N–H and O–H groups in total. The van der Waals surface area contributed by atoms with Crippen LogP contribution in [0.2, 0.25) is 0 Å². The second kappa shape index (κ2) is 5.29. The van der Waals surface area contributed by atoms with Crippen molar-refractivity contribution in [1.29, 1.82) is 0 Å². The fourth-order valence-corrected chi connectivity index (χ4v) is 3.42. The average molecular weight is 257 g/mol. The number of nitrogens with zero attached hydrogens (tertiary/aromatic N) is 1. The van der Waals surface area contributed by atoms with Crippen LogP contribution in [0.4, 0.5) is 0 Å². The van der Waals surface area contributed by atoms with E-state index in [1.54, 1.807) is 5.54 Å². The maximum atomic E-state index is 5.70. The molecule has 1 aliphatic heterocycles. The molecular weight excluding hydrogens is 232 g/mol. The van der Waals surface area contributed by atoms with E-state index in [2.05, 4.69) is 30.1 Å². The average Bonchev–Trinajstić information content (AvgIpc) is 2.32. The molecule has 17 heavy (non-hydrogen) atoms. The number of hydrogen-bond acceptors (Lipinski definition) is 2. The largest absolute Gasteiger partial charge is 0.309 e. The van der Waals surface area contributed by atoms with E-state index in [0.29, 0.717) is 5.54 Å². The van der Waals surface area contributed by atoms with Crippen LogP contribution in [0.3, 0.4) is 0 Å². The van der Waals surface area contributed by atoms with Crippen LogP contribution >= 0.6 is 11.6 Å². The van der Waals surface area contributed by atoms with Crippen LogP contribution in [0, 0.1) is 0 Å². The van der Waals surface area contributed by atoms with Gasteiger partial charge < -0.3 is 5.32 Å². The Bertz CT molecular complexity index is 280. The van der Waals surface area contributed by atoms with Crippen LogP contribution in [0.5, 0.6) is 0 Å². The van der Waals surface area contributed by atoms with Crippen LogP contribution in [-0.2, 0) is 0 Å². The molecule has 98 valence electrons. The summed E-state index contributed by atoms with van der Waals surface area (Å²) in [5, 5.41) is 3.73. The van der Waals surface area contributed by atoms with Gasteiger partial charge in [0.2, 0.25) is 0 Å². The molecule has 1 heterocycles. The van der Waals surface area contributed by atoms with Crippen LogP contribution in [-0.4, -0.2) is 35.6 Å². The number of piperazine rings is 1. The van der Waals surface area contributed by atoms with E-state index >= 15 is 0 Å². The first-order valence-electron chi connectivity index (χ1n) is 6.83. The molecule has 1 aliphatic carbocycles. The SMILES string of the molecule is CC1(C)CN(C/C=C/Cl)C2(CCCCC2)CN1. The Balaban J connectivity index is 2.11. The van der Waals surface area contributed by atoms with Crippen molar-refractivity contribution in [2.45, 2.75) is 57.0 Å². The number of hydrogen-bond donors (Lipinski definition) is 1. The lowest BCUT2D eigenvalue weighted by molar-refractivity contribution is -0.00112. The third-order valence-electron chi connectivity index (χ3n) is 4.35. The van der Waals surface area contributed by atoms with Crippen molar-refractivity contribution in [2.24, 2.45) is 0 Å². The standard InChI is InChI=1S/C14H25ClN2/c1-13(2)12-17(10-6-9-15)14(11-16-13)7-4-3-5-8-14/h6,9,16H,3-5,7-8,10-12H2,1-2H3/b9-6+. The maximum absolute atomic E-state index is 5.70. The van der Waals surface area contributed by atoms with Gasteiger partial charge in [-0.1, -0.05) is 36.9 Å². The lowest BCUT2D eigenvalue weighted by Gasteiger charge is -2.54. The Kier molecular flexibility index (Phi) is 4.17. The van der Waals surface area contributed by atoms with E-state index in [1.165, 1.54) is 32.1 Å². The molecule has 2 aliphatic rings. The maximum Gasteiger partial charge on any atom is 0.0338 e. The molecule has 0 radical (unpaired) electrons. The van der Waals surface area contributed by atoms with Crippen molar-refractivity contribution in [2.75, 3.05) is 19.6 Å². The third kappa shape index (κ3) is 3.04. The first-order chi connectivity index (χ1) is 8.08. The van der Waals surface area contributed by atoms with Gasteiger partial charge in [-0.05, 0) is 26.7 Å². The molecule has 0 aromatic rings. The van der Waals surface area contributed by atoms with E-state index in [4.69, 9.17) is 11.6 Å². The molecule has 2 rings (SSSR count). The molecule has 1 spiro atoms. The zero-order chi connectivity index (χ0) is 12.4. The van der Waals surface area contributed by atoms with Gasteiger partial charge in [-0.2, -0.15) is 0 Å². The second-order valence-electron chi connectivity index (χ2n) is 6.26. The van der Waals surface area contributed by atoms with Gasteiger partial charge in [0, 0.05) is 36.2 Å². The Morgan fingerprint density at radius 2 is 1.94 bits per heavy atom. The topological polar surface area (TPSA) is 15.3 Å². The Morgan fingerprint density at radius 1 is 1.24 bits per heavy atom. The lowest BCUT2D eigenvalue weighted by Crippen LogP contribution is -2.68. The minimum atomic E-state index is 0.225. The summed E-state index contributed by atoms with van der Waals surface area (Å²) in [6, 6.07) is 0. The normalized spacial score (nSPS) is 28.9. The summed E-state index contributed by atoms with van der Waals surface area (Å²) in [5.74, 6) is 0. The summed E-state index contributed by atoms with van der Waals surface area (Å²) in [6.45, 7) is 7.83. The van der Waals surface area contributed by atoms with E-state index in [1.807, 2.05) is 0 Å². The van der Waals surface area contributed by atoms with Gasteiger partial charge in [0.1, 0.15) is 0 Å². The summed E-state index contributed by atoms with van der Waals surface area (Å²) < 4.78 is 0. The van der Waals surface area contributed by atoms with E-state index in [0.717, 1.165) is 19.6 Å². The Hall–Kier alpha value is -0.0500. The number of halogens is 1. The minimum absolute atomic E-state index is 0.225. The van der Waals surface area contributed by atoms with Crippen LogP contribution in [0.15, 0.2) is 11.6 Å². The van der Waals surface area contributed by atoms with E-state index < -0.39 is 0 Å². The monoisotopic (exact) mass is 256 g/mol. The van der Waals surface area contributed by atoms with Gasteiger partial charge in [0.25, 0.3) is 0 Å². The molecule has 1 saturated heterocycles. The molecule has 0 atom stereocenters. The van der Waals surface area contributed by atoms with Crippen molar-refractivity contribution >= 4 is 11.6 Å². The fraction of sp³-hybridized carbons (Fsp3) is 0.857. The molecule has 0 aromatic carbocycles. The Morgan fingerprint density at radius 3 is 2.59 bits per heavy atom. The molecule has 3 heteroatoms. The lowest BCUT2D eigenvalue weighted by atomic mass is 9.77. The molecular formula is C14H25ClN2. The highest BCUT2D eigenvalue weighted by molar-refractivity contribution is 6.25. The molecule has 2 fully saturated rings. The van der Waals surface area contributed by atoms with Crippen molar-refractivity contribution in [3.05, 3.63) is 11.6 Å². The van der Waals surface area contributed by atoms with E-state index in [-0.39, 0.29) is 5.54 Å². The molecule has 1 saturated carbocycles. The van der Waals surface area contributed by atoms with Crippen molar-refractivity contribution < 1.29 is 0 Å². The minimum Gasteiger partial charge on any atom is -0.309 e. The van der Waals surface area contributed by atoms with Gasteiger partial charge in [-0.3, -0.25) is 4.90 Å². The van der Waals surface area contributed by atoms with Gasteiger partial charge >= 0.3 is 0 Å². The third-order valence-corrected chi connectivity index (χ3v) is 4.53. The highest BCUT2D eigenvalue weighted by atomic mass is 35.5. The van der Waals surface area contributed by atoms with Gasteiger partial charge in [0.05, 0.1) is 0 Å². The zero-order valence-electron chi connectivity index (χ0n) is 11.1. The molecule has 2 nitrogen and oxygen atoms in total. The highest BCUT2D eigenvalue weighted by Gasteiger charge is 2.43. The summed E-state index contributed by atoms with van der Waals surface area (Å²) in [6.07, 6.45) is 8.93. The van der Waals surface area contributed by atoms with Crippen molar-refractivity contribution in [3.8, 4) is 0 Å². The quantitative estimate of drug-likeness (QED) is 0.817. The zero-order valence-corrected chi connectivity index (χ0v) is 11.9. The molecule has 0 aromatic heterocycles. The Labute approximate surface area is 110 Å². The number of rotatable bonds is 2. The predicted molar refractivity (Wildman–Crippen MR) is 74.5 cm³/mol. The molecule has 0 amide bonds. The van der Waals surface area contributed by atoms with Gasteiger partial charge in [-0.15, -0.1) is 0 Å². The van der Waals surface area contributed by atoms with Crippen molar-refractivity contribution in [3.63, 3.8) is 0 Å². The summed E-state index contributed by atoms with van der Waals surface area (Å²) in [4.78, 5) is 2.65. The number of nitrogens with one attached hydrogen (secondary N) is 1. The molecule has 0 unspecified atom stereocenters. The summed E-state index contributed by atoms with van der Waals surface area (Å²) in [7, 11) is 0. The van der Waals surface area contributed by atoms with Crippen molar-refractivity contribution in [1.82, 2.24) is 10.2 Å². The first-order valence-corrected chi connectivity index (χ1v) is 7.27. The second-order valence-corrected chi connectivity index (χ2v) is 6.52. The predicted octanol–water partition coefficient (Wildman–Crippen LogP) is 3.13. The van der Waals surface area contributed by atoms with Crippen LogP contribution in [0.1, 0.15) is 46.0 Å². The van der Waals surface area contributed by atoms with E-state index in [9.17, 15) is 0 Å². The van der Waals surface area contributed by atoms with Gasteiger partial charge in [0.15, 0.2) is 0 Å². The van der Waals surface area contributed by atoms with Crippen LogP contribution < -0.4 is 5.32 Å². The molecule has 0 bridgehead atoms. The smallest absolute Gasteiger partial charge is 0.0338 e. The van der Waals surface area contributed by atoms with Gasteiger partial charge in [-0.25, -0.2) is 0 Å². The van der Waals surface area contributed by atoms with Crippen LogP contribution in [0.25, 0.3) is 0 Å². The first kappa shape index (κ1) is 13.4. The summed E-state index contributed by atoms with van der Waals surface area (Å²) >= 11 is 5.70. The highest BCUT2D eigenvalue weighted by Crippen LogP contribution is 2.36.